The van der Waals surface area contributed by atoms with Crippen molar-refractivity contribution in [1.29, 1.82) is 0 Å². The van der Waals surface area contributed by atoms with E-state index in [4.69, 9.17) is 0 Å². The zero-order chi connectivity index (χ0) is 18.1. The Morgan fingerprint density at radius 2 is 1.77 bits per heavy atom. The standard InChI is InChI=1S/C21H15FN2OS/c1-14-5-4-6-15(13-14)20(25)24(17-11-9-16(22)10-12-17)21-23-18-7-2-3-8-19(18)26-21/h2-13H,1H3. The molecule has 1 heterocycles. The van der Waals surface area contributed by atoms with Gasteiger partial charge >= 0.3 is 0 Å². The highest BCUT2D eigenvalue weighted by Crippen LogP contribution is 2.34. The van der Waals surface area contributed by atoms with Crippen molar-refractivity contribution >= 4 is 38.3 Å². The van der Waals surface area contributed by atoms with E-state index in [-0.39, 0.29) is 11.7 Å². The van der Waals surface area contributed by atoms with Crippen molar-refractivity contribution in [1.82, 2.24) is 4.98 Å². The second-order valence-electron chi connectivity index (χ2n) is 5.95. The number of nitrogens with zero attached hydrogens (tertiary/aromatic N) is 2. The number of amides is 1. The Morgan fingerprint density at radius 1 is 1.00 bits per heavy atom. The molecule has 0 saturated heterocycles. The van der Waals surface area contributed by atoms with Crippen LogP contribution >= 0.6 is 11.3 Å². The summed E-state index contributed by atoms with van der Waals surface area (Å²) in [6, 6.07) is 21.0. The highest BCUT2D eigenvalue weighted by Gasteiger charge is 2.23. The van der Waals surface area contributed by atoms with E-state index in [1.807, 2.05) is 49.4 Å². The van der Waals surface area contributed by atoms with Gasteiger partial charge in [0, 0.05) is 5.56 Å². The van der Waals surface area contributed by atoms with Crippen LogP contribution in [-0.4, -0.2) is 10.9 Å². The molecule has 128 valence electrons. The van der Waals surface area contributed by atoms with E-state index >= 15 is 0 Å². The molecule has 1 amide bonds. The molecule has 0 atom stereocenters. The Kier molecular flexibility index (Phi) is 4.22. The summed E-state index contributed by atoms with van der Waals surface area (Å²) in [5, 5.41) is 0.560. The zero-order valence-corrected chi connectivity index (χ0v) is 14.8. The highest BCUT2D eigenvalue weighted by molar-refractivity contribution is 7.22. The average Bonchev–Trinajstić information content (AvgIpc) is 3.07. The van der Waals surface area contributed by atoms with Crippen LogP contribution in [0.3, 0.4) is 0 Å². The molecule has 0 aliphatic rings. The molecule has 0 unspecified atom stereocenters. The van der Waals surface area contributed by atoms with Gasteiger partial charge in [-0.1, -0.05) is 41.2 Å². The molecule has 4 aromatic rings. The Hall–Kier alpha value is -3.05. The first kappa shape index (κ1) is 16.4. The van der Waals surface area contributed by atoms with Gasteiger partial charge in [0.25, 0.3) is 5.91 Å². The van der Waals surface area contributed by atoms with Gasteiger partial charge in [-0.3, -0.25) is 9.69 Å². The lowest BCUT2D eigenvalue weighted by Crippen LogP contribution is -2.25. The summed E-state index contributed by atoms with van der Waals surface area (Å²) in [5.41, 5.74) is 2.97. The first-order valence-corrected chi connectivity index (χ1v) is 8.96. The lowest BCUT2D eigenvalue weighted by atomic mass is 10.1. The minimum atomic E-state index is -0.346. The molecule has 4 rings (SSSR count). The molecule has 0 bridgehead atoms. The van der Waals surface area contributed by atoms with E-state index in [1.54, 1.807) is 23.1 Å². The normalized spacial score (nSPS) is 10.8. The molecule has 0 spiro atoms. The third-order valence-electron chi connectivity index (χ3n) is 4.03. The van der Waals surface area contributed by atoms with Crippen LogP contribution < -0.4 is 4.90 Å². The third-order valence-corrected chi connectivity index (χ3v) is 5.05. The molecular formula is C21H15FN2OS. The molecule has 1 aromatic heterocycles. The average molecular weight is 362 g/mol. The molecule has 5 heteroatoms. The number of para-hydroxylation sites is 1. The fraction of sp³-hybridized carbons (Fsp3) is 0.0476. The molecule has 0 saturated carbocycles. The van der Waals surface area contributed by atoms with Crippen molar-refractivity contribution in [2.24, 2.45) is 0 Å². The Labute approximate surface area is 154 Å². The van der Waals surface area contributed by atoms with Crippen LogP contribution in [0.4, 0.5) is 15.2 Å². The monoisotopic (exact) mass is 362 g/mol. The molecule has 3 nitrogen and oxygen atoms in total. The predicted octanol–water partition coefficient (Wildman–Crippen LogP) is 5.72. The van der Waals surface area contributed by atoms with Crippen molar-refractivity contribution in [3.8, 4) is 0 Å². The van der Waals surface area contributed by atoms with Crippen LogP contribution in [0, 0.1) is 12.7 Å². The molecule has 0 aliphatic heterocycles. The van der Waals surface area contributed by atoms with Crippen molar-refractivity contribution in [3.63, 3.8) is 0 Å². The molecule has 0 aliphatic carbocycles. The number of benzene rings is 3. The minimum absolute atomic E-state index is 0.195. The maximum Gasteiger partial charge on any atom is 0.264 e. The first-order chi connectivity index (χ1) is 12.6. The third kappa shape index (κ3) is 3.09. The second kappa shape index (κ2) is 6.69. The predicted molar refractivity (Wildman–Crippen MR) is 104 cm³/mol. The number of rotatable bonds is 3. The summed E-state index contributed by atoms with van der Waals surface area (Å²) < 4.78 is 14.4. The number of fused-ring (bicyclic) bond motifs is 1. The maximum absolute atomic E-state index is 13.4. The number of hydrogen-bond donors (Lipinski definition) is 0. The number of aryl methyl sites for hydroxylation is 1. The van der Waals surface area contributed by atoms with Gasteiger partial charge in [0.2, 0.25) is 0 Å². The highest BCUT2D eigenvalue weighted by atomic mass is 32.1. The number of halogens is 1. The lowest BCUT2D eigenvalue weighted by Gasteiger charge is -2.20. The summed E-state index contributed by atoms with van der Waals surface area (Å²) >= 11 is 1.43. The quantitative estimate of drug-likeness (QED) is 0.467. The summed E-state index contributed by atoms with van der Waals surface area (Å²) in [4.78, 5) is 19.4. The minimum Gasteiger partial charge on any atom is -0.268 e. The van der Waals surface area contributed by atoms with E-state index in [0.29, 0.717) is 16.4 Å². The van der Waals surface area contributed by atoms with Gasteiger partial charge in [-0.2, -0.15) is 0 Å². The topological polar surface area (TPSA) is 33.2 Å². The van der Waals surface area contributed by atoms with Crippen molar-refractivity contribution in [2.75, 3.05) is 4.90 Å². The molecule has 26 heavy (non-hydrogen) atoms. The summed E-state index contributed by atoms with van der Waals surface area (Å²) in [5.74, 6) is -0.541. The van der Waals surface area contributed by atoms with Crippen LogP contribution in [0.5, 0.6) is 0 Å². The fourth-order valence-electron chi connectivity index (χ4n) is 2.77. The van der Waals surface area contributed by atoms with Crippen LogP contribution in [-0.2, 0) is 0 Å². The summed E-state index contributed by atoms with van der Waals surface area (Å²) in [6.45, 7) is 1.94. The first-order valence-electron chi connectivity index (χ1n) is 8.14. The Bertz CT molecular complexity index is 1060. The van der Waals surface area contributed by atoms with Crippen molar-refractivity contribution < 1.29 is 9.18 Å². The molecule has 0 radical (unpaired) electrons. The Morgan fingerprint density at radius 3 is 2.50 bits per heavy atom. The van der Waals surface area contributed by atoms with E-state index < -0.39 is 0 Å². The number of anilines is 2. The van der Waals surface area contributed by atoms with Gasteiger partial charge in [0.05, 0.1) is 15.9 Å². The van der Waals surface area contributed by atoms with Gasteiger partial charge in [-0.05, 0) is 55.5 Å². The molecular weight excluding hydrogens is 347 g/mol. The second-order valence-corrected chi connectivity index (χ2v) is 6.96. The van der Waals surface area contributed by atoms with Crippen LogP contribution in [0.15, 0.2) is 72.8 Å². The molecule has 0 N–H and O–H groups in total. The Balaban J connectivity index is 1.86. The van der Waals surface area contributed by atoms with E-state index in [9.17, 15) is 9.18 Å². The molecule has 0 fully saturated rings. The van der Waals surface area contributed by atoms with Crippen LogP contribution in [0.2, 0.25) is 0 Å². The van der Waals surface area contributed by atoms with E-state index in [1.165, 1.54) is 23.5 Å². The van der Waals surface area contributed by atoms with Gasteiger partial charge in [0.1, 0.15) is 5.82 Å². The molecule has 3 aromatic carbocycles. The van der Waals surface area contributed by atoms with E-state index in [2.05, 4.69) is 4.98 Å². The van der Waals surface area contributed by atoms with Gasteiger partial charge in [0.15, 0.2) is 5.13 Å². The zero-order valence-electron chi connectivity index (χ0n) is 14.0. The fourth-order valence-corrected chi connectivity index (χ4v) is 3.75. The van der Waals surface area contributed by atoms with Gasteiger partial charge in [-0.25, -0.2) is 9.37 Å². The number of hydrogen-bond acceptors (Lipinski definition) is 3. The summed E-state index contributed by atoms with van der Waals surface area (Å²) in [7, 11) is 0. The van der Waals surface area contributed by atoms with E-state index in [0.717, 1.165) is 15.8 Å². The van der Waals surface area contributed by atoms with Crippen LogP contribution in [0.1, 0.15) is 15.9 Å². The number of aromatic nitrogens is 1. The summed E-state index contributed by atoms with van der Waals surface area (Å²) in [6.07, 6.45) is 0. The number of carbonyl (C=O) groups excluding carboxylic acids is 1. The maximum atomic E-state index is 13.4. The largest absolute Gasteiger partial charge is 0.268 e. The van der Waals surface area contributed by atoms with Crippen molar-refractivity contribution in [2.45, 2.75) is 6.92 Å². The van der Waals surface area contributed by atoms with Crippen LogP contribution in [0.25, 0.3) is 10.2 Å². The van der Waals surface area contributed by atoms with Gasteiger partial charge in [-0.15, -0.1) is 0 Å². The van der Waals surface area contributed by atoms with Crippen molar-refractivity contribution in [3.05, 3.63) is 89.7 Å². The van der Waals surface area contributed by atoms with Gasteiger partial charge < -0.3 is 0 Å². The SMILES string of the molecule is Cc1cccc(C(=O)N(c2ccc(F)cc2)c2nc3ccccc3s2)c1. The lowest BCUT2D eigenvalue weighted by molar-refractivity contribution is 0.0999. The number of thiazole rings is 1. The number of carbonyl (C=O) groups is 1. The smallest absolute Gasteiger partial charge is 0.264 e.